The number of anilines is 1. The van der Waals surface area contributed by atoms with E-state index in [9.17, 15) is 4.21 Å². The Morgan fingerprint density at radius 3 is 2.40 bits per heavy atom. The molecule has 0 aliphatic carbocycles. The standard InChI is InChI=1S/C20H17N3OS/c1-23(2)18-10-6-5-9-15(18)19(25-24)20-21-16-11-13-7-3-4-8-14(13)12-17(16)22-20/h3-12H,1-2H3,(H,21,22). The van der Waals surface area contributed by atoms with Gasteiger partial charge in [-0.05, 0) is 29.0 Å². The summed E-state index contributed by atoms with van der Waals surface area (Å²) in [5.41, 5.74) is 3.67. The molecule has 0 aliphatic rings. The first kappa shape index (κ1) is 15.6. The van der Waals surface area contributed by atoms with Gasteiger partial charge in [0.2, 0.25) is 0 Å². The zero-order valence-corrected chi connectivity index (χ0v) is 14.8. The highest BCUT2D eigenvalue weighted by atomic mass is 32.1. The van der Waals surface area contributed by atoms with Crippen LogP contribution in [0.25, 0.3) is 21.8 Å². The van der Waals surface area contributed by atoms with Crippen molar-refractivity contribution in [1.82, 2.24) is 9.97 Å². The van der Waals surface area contributed by atoms with Gasteiger partial charge in [-0.25, -0.2) is 9.19 Å². The van der Waals surface area contributed by atoms with E-state index in [1.54, 1.807) is 0 Å². The van der Waals surface area contributed by atoms with Crippen LogP contribution in [0.2, 0.25) is 0 Å². The highest BCUT2D eigenvalue weighted by molar-refractivity contribution is 7.67. The average Bonchev–Trinajstić information content (AvgIpc) is 3.03. The monoisotopic (exact) mass is 347 g/mol. The molecule has 1 aromatic heterocycles. The number of H-pyrrole nitrogens is 1. The predicted octanol–water partition coefficient (Wildman–Crippen LogP) is 3.56. The molecule has 1 heterocycles. The lowest BCUT2D eigenvalue weighted by atomic mass is 10.1. The van der Waals surface area contributed by atoms with E-state index >= 15 is 0 Å². The maximum Gasteiger partial charge on any atom is 0.152 e. The van der Waals surface area contributed by atoms with Crippen molar-refractivity contribution in [2.75, 3.05) is 19.0 Å². The zero-order chi connectivity index (χ0) is 17.4. The zero-order valence-electron chi connectivity index (χ0n) is 14.0. The Balaban J connectivity index is 1.91. The molecule has 4 rings (SSSR count). The highest BCUT2D eigenvalue weighted by Gasteiger charge is 2.16. The molecule has 0 unspecified atom stereocenters. The van der Waals surface area contributed by atoms with Gasteiger partial charge < -0.3 is 9.88 Å². The number of benzene rings is 3. The first-order valence-electron chi connectivity index (χ1n) is 8.00. The molecule has 4 nitrogen and oxygen atoms in total. The molecule has 25 heavy (non-hydrogen) atoms. The Kier molecular flexibility index (Phi) is 3.86. The van der Waals surface area contributed by atoms with Crippen LogP contribution >= 0.6 is 0 Å². The summed E-state index contributed by atoms with van der Waals surface area (Å²) in [6.45, 7) is 0. The van der Waals surface area contributed by atoms with Crippen molar-refractivity contribution in [3.63, 3.8) is 0 Å². The van der Waals surface area contributed by atoms with E-state index < -0.39 is 0 Å². The maximum absolute atomic E-state index is 11.9. The number of imidazole rings is 1. The molecule has 0 radical (unpaired) electrons. The van der Waals surface area contributed by atoms with Gasteiger partial charge in [0.15, 0.2) is 5.82 Å². The van der Waals surface area contributed by atoms with Crippen LogP contribution < -0.4 is 4.90 Å². The molecular weight excluding hydrogens is 330 g/mol. The summed E-state index contributed by atoms with van der Waals surface area (Å²) in [6.07, 6.45) is 0. The quantitative estimate of drug-likeness (QED) is 0.455. The SMILES string of the molecule is CN(C)c1ccccc1C(=S=O)c1nc2cc3ccccc3cc2[nH]1. The molecule has 5 heteroatoms. The third kappa shape index (κ3) is 2.72. The number of aromatic amines is 1. The molecule has 0 fully saturated rings. The van der Waals surface area contributed by atoms with Crippen LogP contribution in [0.5, 0.6) is 0 Å². The number of aromatic nitrogens is 2. The first-order chi connectivity index (χ1) is 12.2. The lowest BCUT2D eigenvalue weighted by Gasteiger charge is -2.16. The van der Waals surface area contributed by atoms with Crippen molar-refractivity contribution in [3.8, 4) is 0 Å². The fourth-order valence-electron chi connectivity index (χ4n) is 3.07. The minimum Gasteiger partial charge on any atom is -0.377 e. The van der Waals surface area contributed by atoms with Gasteiger partial charge in [0.1, 0.15) is 16.1 Å². The largest absolute Gasteiger partial charge is 0.377 e. The van der Waals surface area contributed by atoms with E-state index in [1.807, 2.05) is 55.4 Å². The Bertz CT molecular complexity index is 1090. The average molecular weight is 347 g/mol. The van der Waals surface area contributed by atoms with Crippen LogP contribution in [0.1, 0.15) is 11.4 Å². The summed E-state index contributed by atoms with van der Waals surface area (Å²) >= 11 is 0.473. The molecule has 3 aromatic carbocycles. The molecule has 0 atom stereocenters. The van der Waals surface area contributed by atoms with Crippen molar-refractivity contribution in [1.29, 1.82) is 0 Å². The molecular formula is C20H17N3OS. The van der Waals surface area contributed by atoms with Crippen LogP contribution in [-0.4, -0.2) is 33.1 Å². The molecule has 0 aliphatic heterocycles. The van der Waals surface area contributed by atoms with Gasteiger partial charge >= 0.3 is 0 Å². The molecule has 0 saturated heterocycles. The molecule has 0 saturated carbocycles. The predicted molar refractivity (Wildman–Crippen MR) is 106 cm³/mol. The van der Waals surface area contributed by atoms with E-state index in [1.165, 1.54) is 0 Å². The van der Waals surface area contributed by atoms with E-state index in [0.29, 0.717) is 21.9 Å². The number of fused-ring (bicyclic) bond motifs is 2. The molecule has 4 aromatic rings. The second kappa shape index (κ2) is 6.18. The molecule has 0 spiro atoms. The summed E-state index contributed by atoms with van der Waals surface area (Å²) in [7, 11) is 3.94. The number of hydrogen-bond acceptors (Lipinski definition) is 3. The minimum atomic E-state index is 0.473. The number of nitrogens with one attached hydrogen (secondary N) is 1. The fourth-order valence-corrected chi connectivity index (χ4v) is 3.51. The third-order valence-electron chi connectivity index (χ3n) is 4.28. The second-order valence-corrected chi connectivity index (χ2v) is 6.70. The van der Waals surface area contributed by atoms with Gasteiger partial charge in [0.05, 0.1) is 11.0 Å². The van der Waals surface area contributed by atoms with Gasteiger partial charge in [-0.1, -0.05) is 42.5 Å². The van der Waals surface area contributed by atoms with Gasteiger partial charge in [-0.15, -0.1) is 0 Å². The van der Waals surface area contributed by atoms with Gasteiger partial charge in [-0.3, -0.25) is 0 Å². The lowest BCUT2D eigenvalue weighted by molar-refractivity contribution is 0.701. The first-order valence-corrected chi connectivity index (χ1v) is 8.74. The van der Waals surface area contributed by atoms with Crippen LogP contribution in [0, 0.1) is 0 Å². The van der Waals surface area contributed by atoms with Crippen molar-refractivity contribution in [2.45, 2.75) is 0 Å². The second-order valence-electron chi connectivity index (χ2n) is 6.13. The molecule has 1 N–H and O–H groups in total. The number of hydrogen-bond donors (Lipinski definition) is 1. The normalized spacial score (nSPS) is 11.0. The highest BCUT2D eigenvalue weighted by Crippen LogP contribution is 2.24. The minimum absolute atomic E-state index is 0.473. The van der Waals surface area contributed by atoms with Crippen LogP contribution in [-0.2, 0) is 11.3 Å². The number of nitrogens with zero attached hydrogens (tertiary/aromatic N) is 2. The summed E-state index contributed by atoms with van der Waals surface area (Å²) < 4.78 is 11.9. The smallest absolute Gasteiger partial charge is 0.152 e. The van der Waals surface area contributed by atoms with E-state index in [2.05, 4.69) is 34.2 Å². The van der Waals surface area contributed by atoms with E-state index in [4.69, 9.17) is 0 Å². The summed E-state index contributed by atoms with van der Waals surface area (Å²) in [6, 6.07) is 20.2. The molecule has 0 amide bonds. The van der Waals surface area contributed by atoms with Gasteiger partial charge in [-0.2, -0.15) is 0 Å². The van der Waals surface area contributed by atoms with Crippen LogP contribution in [0.4, 0.5) is 5.69 Å². The Morgan fingerprint density at radius 2 is 1.68 bits per heavy atom. The van der Waals surface area contributed by atoms with Crippen molar-refractivity contribution in [2.24, 2.45) is 0 Å². The Hall–Kier alpha value is -2.92. The fraction of sp³-hybridized carbons (Fsp3) is 0.100. The third-order valence-corrected chi connectivity index (χ3v) is 4.86. The van der Waals surface area contributed by atoms with Gasteiger partial charge in [0, 0.05) is 25.3 Å². The van der Waals surface area contributed by atoms with E-state index in [0.717, 1.165) is 33.1 Å². The molecule has 124 valence electrons. The van der Waals surface area contributed by atoms with Crippen LogP contribution in [0.3, 0.4) is 0 Å². The number of para-hydroxylation sites is 1. The van der Waals surface area contributed by atoms with Crippen LogP contribution in [0.15, 0.2) is 60.7 Å². The van der Waals surface area contributed by atoms with Crippen molar-refractivity contribution in [3.05, 3.63) is 72.1 Å². The molecule has 0 bridgehead atoms. The van der Waals surface area contributed by atoms with E-state index in [-0.39, 0.29) is 0 Å². The lowest BCUT2D eigenvalue weighted by Crippen LogP contribution is -2.15. The van der Waals surface area contributed by atoms with Crippen molar-refractivity contribution < 1.29 is 4.21 Å². The summed E-state index contributed by atoms with van der Waals surface area (Å²) in [5.74, 6) is 0.611. The topological polar surface area (TPSA) is 49.0 Å². The van der Waals surface area contributed by atoms with Crippen molar-refractivity contribution >= 4 is 43.6 Å². The number of rotatable bonds is 3. The Labute approximate surface area is 149 Å². The summed E-state index contributed by atoms with van der Waals surface area (Å²) in [4.78, 5) is 10.6. The van der Waals surface area contributed by atoms with Gasteiger partial charge in [0.25, 0.3) is 0 Å². The maximum atomic E-state index is 11.9. The summed E-state index contributed by atoms with van der Waals surface area (Å²) in [5, 5.41) is 2.29. The Morgan fingerprint density at radius 1 is 1.00 bits per heavy atom.